The lowest BCUT2D eigenvalue weighted by Gasteiger charge is -2.07. The minimum Gasteiger partial charge on any atom is -0.343 e. The predicted octanol–water partition coefficient (Wildman–Crippen LogP) is 3.00. The highest BCUT2D eigenvalue weighted by Crippen LogP contribution is 2.25. The highest BCUT2D eigenvalue weighted by Gasteiger charge is 2.15. The third-order valence-electron chi connectivity index (χ3n) is 3.23. The fourth-order valence-corrected chi connectivity index (χ4v) is 2.64. The lowest BCUT2D eigenvalue weighted by Crippen LogP contribution is -1.98. The first kappa shape index (κ1) is 10.6. The van der Waals surface area contributed by atoms with Crippen LogP contribution in [0.2, 0.25) is 0 Å². The number of fused-ring (bicyclic) bond motifs is 1. The smallest absolute Gasteiger partial charge is 0.139 e. The summed E-state index contributed by atoms with van der Waals surface area (Å²) in [7, 11) is 0. The summed E-state index contributed by atoms with van der Waals surface area (Å²) in [6, 6.07) is 1.98. The molecular weight excluding hydrogens is 230 g/mol. The van der Waals surface area contributed by atoms with E-state index in [2.05, 4.69) is 15.0 Å². The molecule has 3 nitrogen and oxygen atoms in total. The quantitative estimate of drug-likeness (QED) is 0.783. The van der Waals surface area contributed by atoms with Crippen molar-refractivity contribution in [1.29, 1.82) is 0 Å². The maximum Gasteiger partial charge on any atom is 0.139 e. The van der Waals surface area contributed by atoms with Gasteiger partial charge in [-0.2, -0.15) is 0 Å². The molecule has 2 aromatic heterocycles. The second-order valence-electron chi connectivity index (χ2n) is 4.39. The second-order valence-corrected chi connectivity index (χ2v) is 4.78. The van der Waals surface area contributed by atoms with Gasteiger partial charge in [-0.25, -0.2) is 4.98 Å². The number of H-pyrrole nitrogens is 1. The number of aryl methyl sites for hydroxylation is 2. The molecule has 0 fully saturated rings. The number of nitrogens with one attached hydrogen (secondary N) is 1. The van der Waals surface area contributed by atoms with Gasteiger partial charge in [0, 0.05) is 29.2 Å². The van der Waals surface area contributed by atoms with E-state index in [1.165, 1.54) is 17.7 Å². The molecule has 0 aliphatic heterocycles. The van der Waals surface area contributed by atoms with Crippen LogP contribution in [0.1, 0.15) is 23.2 Å². The van der Waals surface area contributed by atoms with Crippen LogP contribution in [0.4, 0.5) is 0 Å². The van der Waals surface area contributed by atoms with Crippen molar-refractivity contribution in [3.63, 3.8) is 0 Å². The van der Waals surface area contributed by atoms with Gasteiger partial charge >= 0.3 is 0 Å². The Kier molecular flexibility index (Phi) is 2.52. The van der Waals surface area contributed by atoms with Gasteiger partial charge in [0.2, 0.25) is 0 Å². The van der Waals surface area contributed by atoms with E-state index in [-0.39, 0.29) is 0 Å². The van der Waals surface area contributed by atoms with Crippen molar-refractivity contribution >= 4 is 12.2 Å². The van der Waals surface area contributed by atoms with Gasteiger partial charge in [0.1, 0.15) is 10.5 Å². The van der Waals surface area contributed by atoms with Crippen LogP contribution in [-0.2, 0) is 12.8 Å². The highest BCUT2D eigenvalue weighted by molar-refractivity contribution is 7.71. The molecule has 1 aliphatic rings. The lowest BCUT2D eigenvalue weighted by atomic mass is 10.1. The van der Waals surface area contributed by atoms with Crippen molar-refractivity contribution < 1.29 is 0 Å². The van der Waals surface area contributed by atoms with E-state index in [1.807, 2.05) is 19.2 Å². The molecule has 1 N–H and O–H groups in total. The number of pyridine rings is 1. The van der Waals surface area contributed by atoms with Gasteiger partial charge < -0.3 is 4.98 Å². The van der Waals surface area contributed by atoms with Crippen molar-refractivity contribution in [1.82, 2.24) is 15.0 Å². The molecule has 2 aromatic rings. The first-order valence-corrected chi connectivity index (χ1v) is 6.19. The molecule has 17 heavy (non-hydrogen) atoms. The minimum absolute atomic E-state index is 0.752. The van der Waals surface area contributed by atoms with E-state index in [0.29, 0.717) is 0 Å². The maximum atomic E-state index is 5.36. The normalized spacial score (nSPS) is 13.7. The van der Waals surface area contributed by atoms with Crippen molar-refractivity contribution in [2.45, 2.75) is 26.2 Å². The van der Waals surface area contributed by atoms with Crippen molar-refractivity contribution in [3.05, 3.63) is 39.9 Å². The van der Waals surface area contributed by atoms with Gasteiger partial charge in [-0.15, -0.1) is 0 Å². The van der Waals surface area contributed by atoms with E-state index in [1.54, 1.807) is 6.20 Å². The van der Waals surface area contributed by atoms with Crippen molar-refractivity contribution in [3.8, 4) is 11.4 Å². The number of aromatic amines is 1. The highest BCUT2D eigenvalue weighted by atomic mass is 32.1. The van der Waals surface area contributed by atoms with Gasteiger partial charge in [-0.1, -0.05) is 12.2 Å². The summed E-state index contributed by atoms with van der Waals surface area (Å²) in [6.07, 6.45) is 6.96. The molecule has 0 bridgehead atoms. The van der Waals surface area contributed by atoms with E-state index in [9.17, 15) is 0 Å². The summed E-state index contributed by atoms with van der Waals surface area (Å²) in [4.78, 5) is 12.0. The van der Waals surface area contributed by atoms with Crippen LogP contribution < -0.4 is 0 Å². The Labute approximate surface area is 105 Å². The zero-order chi connectivity index (χ0) is 11.8. The van der Waals surface area contributed by atoms with Crippen LogP contribution in [0, 0.1) is 11.6 Å². The molecule has 1 aliphatic carbocycles. The summed E-state index contributed by atoms with van der Waals surface area (Å²) in [5.41, 5.74) is 4.69. The molecule has 2 heterocycles. The molecule has 0 radical (unpaired) electrons. The van der Waals surface area contributed by atoms with Crippen molar-refractivity contribution in [2.24, 2.45) is 0 Å². The molecule has 86 valence electrons. The third kappa shape index (κ3) is 1.78. The Morgan fingerprint density at radius 1 is 1.35 bits per heavy atom. The van der Waals surface area contributed by atoms with Gasteiger partial charge in [0.25, 0.3) is 0 Å². The first-order valence-electron chi connectivity index (χ1n) is 5.79. The fraction of sp³-hybridized carbons (Fsp3) is 0.308. The SMILES string of the molecule is Cc1cnccc1-c1nc(=S)c2c([nH]1)CCC2. The van der Waals surface area contributed by atoms with Crippen LogP contribution in [0.3, 0.4) is 0 Å². The van der Waals surface area contributed by atoms with Crippen molar-refractivity contribution in [2.75, 3.05) is 0 Å². The molecule has 0 unspecified atom stereocenters. The van der Waals surface area contributed by atoms with Gasteiger partial charge in [0.05, 0.1) is 0 Å². The van der Waals surface area contributed by atoms with Gasteiger partial charge in [-0.05, 0) is 37.8 Å². The second kappa shape index (κ2) is 4.04. The number of nitrogens with zero attached hydrogens (tertiary/aromatic N) is 2. The summed E-state index contributed by atoms with van der Waals surface area (Å²) in [5.74, 6) is 0.871. The standard InChI is InChI=1S/C13H13N3S/c1-8-7-14-6-5-9(8)12-15-11-4-2-3-10(11)13(17)16-12/h5-7H,2-4H2,1H3,(H,15,16,17). The lowest BCUT2D eigenvalue weighted by molar-refractivity contribution is 0.899. The molecule has 0 aromatic carbocycles. The molecule has 0 saturated carbocycles. The first-order chi connectivity index (χ1) is 8.25. The van der Waals surface area contributed by atoms with Gasteiger partial charge in [0.15, 0.2) is 0 Å². The van der Waals surface area contributed by atoms with Crippen LogP contribution in [0.5, 0.6) is 0 Å². The third-order valence-corrected chi connectivity index (χ3v) is 3.57. The number of hydrogen-bond acceptors (Lipinski definition) is 3. The fourth-order valence-electron chi connectivity index (χ4n) is 2.32. The Morgan fingerprint density at radius 3 is 3.06 bits per heavy atom. The Balaban J connectivity index is 2.20. The summed E-state index contributed by atoms with van der Waals surface area (Å²) in [6.45, 7) is 2.04. The van der Waals surface area contributed by atoms with Crippen LogP contribution in [0.15, 0.2) is 18.5 Å². The molecule has 0 amide bonds. The Hall–Kier alpha value is -1.55. The van der Waals surface area contributed by atoms with E-state index in [4.69, 9.17) is 12.2 Å². The molecule has 3 rings (SSSR count). The van der Waals surface area contributed by atoms with E-state index in [0.717, 1.165) is 34.4 Å². The number of hydrogen-bond donors (Lipinski definition) is 1. The largest absolute Gasteiger partial charge is 0.343 e. The monoisotopic (exact) mass is 243 g/mol. The average Bonchev–Trinajstić information content (AvgIpc) is 2.78. The van der Waals surface area contributed by atoms with Gasteiger partial charge in [-0.3, -0.25) is 4.98 Å². The Bertz CT molecular complexity index is 631. The molecule has 0 saturated heterocycles. The zero-order valence-electron chi connectivity index (χ0n) is 9.66. The topological polar surface area (TPSA) is 41.6 Å². The van der Waals surface area contributed by atoms with Crippen LogP contribution in [-0.4, -0.2) is 15.0 Å². The average molecular weight is 243 g/mol. The Morgan fingerprint density at radius 2 is 2.24 bits per heavy atom. The van der Waals surface area contributed by atoms with E-state index >= 15 is 0 Å². The summed E-state index contributed by atoms with van der Waals surface area (Å²) in [5, 5.41) is 0. The van der Waals surface area contributed by atoms with E-state index < -0.39 is 0 Å². The summed E-state index contributed by atoms with van der Waals surface area (Å²) < 4.78 is 0.752. The maximum absolute atomic E-state index is 5.36. The molecular formula is C13H13N3S. The predicted molar refractivity (Wildman–Crippen MR) is 69.4 cm³/mol. The number of aromatic nitrogens is 3. The zero-order valence-corrected chi connectivity index (χ0v) is 10.5. The molecule has 0 spiro atoms. The minimum atomic E-state index is 0.752. The number of rotatable bonds is 1. The molecule has 0 atom stereocenters. The molecule has 4 heteroatoms. The van der Waals surface area contributed by atoms with Crippen LogP contribution in [0.25, 0.3) is 11.4 Å². The van der Waals surface area contributed by atoms with Crippen LogP contribution >= 0.6 is 12.2 Å². The summed E-state index contributed by atoms with van der Waals surface area (Å²) >= 11 is 5.36.